The van der Waals surface area contributed by atoms with E-state index in [-0.39, 0.29) is 30.7 Å². The topological polar surface area (TPSA) is 73.3 Å². The highest BCUT2D eigenvalue weighted by molar-refractivity contribution is 5.77. The van der Waals surface area contributed by atoms with Gasteiger partial charge in [0.25, 0.3) is 5.91 Å². The van der Waals surface area contributed by atoms with Gasteiger partial charge in [0.1, 0.15) is 5.82 Å². The molecule has 1 saturated heterocycles. The molecule has 2 aromatic rings. The number of hydrogen-bond acceptors (Lipinski definition) is 5. The molecule has 2 heterocycles. The summed E-state index contributed by atoms with van der Waals surface area (Å²) in [7, 11) is 0. The molecular formula is C18H20FN3O3. The molecule has 1 aliphatic heterocycles. The standard InChI is InChI=1S/C18H20FN3O3/c19-15-5-1-2-6-16(15)25-12-17(23)21-10-14-7-8-20-18(22-14)13-4-3-9-24-11-13/h1-2,5-8,13H,3-4,9-12H2,(H,21,23). The number of para-hydroxylation sites is 1. The second-order valence-electron chi connectivity index (χ2n) is 5.82. The molecule has 0 radical (unpaired) electrons. The van der Waals surface area contributed by atoms with E-state index < -0.39 is 5.82 Å². The third kappa shape index (κ3) is 4.96. The Kier molecular flexibility index (Phi) is 5.90. The summed E-state index contributed by atoms with van der Waals surface area (Å²) < 4.78 is 24.1. The van der Waals surface area contributed by atoms with Gasteiger partial charge in [0.2, 0.25) is 0 Å². The van der Waals surface area contributed by atoms with Crippen molar-refractivity contribution in [3.05, 3.63) is 53.9 Å². The van der Waals surface area contributed by atoms with Crippen LogP contribution in [-0.4, -0.2) is 35.7 Å². The Labute approximate surface area is 145 Å². The normalized spacial score (nSPS) is 17.1. The second-order valence-corrected chi connectivity index (χ2v) is 5.82. The summed E-state index contributed by atoms with van der Waals surface area (Å²) in [6.45, 7) is 1.43. The molecule has 7 heteroatoms. The lowest BCUT2D eigenvalue weighted by molar-refractivity contribution is -0.123. The van der Waals surface area contributed by atoms with Gasteiger partial charge in [-0.05, 0) is 31.0 Å². The summed E-state index contributed by atoms with van der Waals surface area (Å²) in [6.07, 6.45) is 3.70. The fourth-order valence-electron chi connectivity index (χ4n) is 2.60. The number of amides is 1. The van der Waals surface area contributed by atoms with E-state index in [2.05, 4.69) is 15.3 Å². The molecule has 0 bridgehead atoms. The zero-order valence-corrected chi connectivity index (χ0v) is 13.8. The van der Waals surface area contributed by atoms with Gasteiger partial charge < -0.3 is 14.8 Å². The number of nitrogens with one attached hydrogen (secondary N) is 1. The summed E-state index contributed by atoms with van der Waals surface area (Å²) in [5.74, 6) is 0.164. The van der Waals surface area contributed by atoms with Crippen LogP contribution < -0.4 is 10.1 Å². The van der Waals surface area contributed by atoms with Crippen molar-refractivity contribution in [3.63, 3.8) is 0 Å². The monoisotopic (exact) mass is 345 g/mol. The lowest BCUT2D eigenvalue weighted by atomic mass is 10.0. The predicted octanol–water partition coefficient (Wildman–Crippen LogP) is 2.20. The van der Waals surface area contributed by atoms with Crippen molar-refractivity contribution in [2.24, 2.45) is 0 Å². The number of halogens is 1. The van der Waals surface area contributed by atoms with Crippen LogP contribution >= 0.6 is 0 Å². The molecule has 1 atom stereocenters. The van der Waals surface area contributed by atoms with Crippen LogP contribution in [0.15, 0.2) is 36.5 Å². The fourth-order valence-corrected chi connectivity index (χ4v) is 2.60. The van der Waals surface area contributed by atoms with Crippen LogP contribution in [0.5, 0.6) is 5.75 Å². The van der Waals surface area contributed by atoms with Crippen molar-refractivity contribution in [3.8, 4) is 5.75 Å². The highest BCUT2D eigenvalue weighted by Gasteiger charge is 2.19. The molecule has 132 valence electrons. The average molecular weight is 345 g/mol. The number of ether oxygens (including phenoxy) is 2. The molecule has 1 fully saturated rings. The third-order valence-electron chi connectivity index (χ3n) is 3.92. The molecule has 1 aliphatic rings. The Balaban J connectivity index is 1.49. The highest BCUT2D eigenvalue weighted by atomic mass is 19.1. The first kappa shape index (κ1) is 17.3. The molecular weight excluding hydrogens is 325 g/mol. The van der Waals surface area contributed by atoms with E-state index in [9.17, 15) is 9.18 Å². The number of carbonyl (C=O) groups excluding carboxylic acids is 1. The minimum absolute atomic E-state index is 0.0549. The van der Waals surface area contributed by atoms with Crippen LogP contribution in [-0.2, 0) is 16.1 Å². The Morgan fingerprint density at radius 3 is 3.04 bits per heavy atom. The Morgan fingerprint density at radius 1 is 1.36 bits per heavy atom. The summed E-state index contributed by atoms with van der Waals surface area (Å²) >= 11 is 0. The van der Waals surface area contributed by atoms with Crippen molar-refractivity contribution >= 4 is 5.91 Å². The van der Waals surface area contributed by atoms with Gasteiger partial charge in [0.15, 0.2) is 18.2 Å². The Hall–Kier alpha value is -2.54. The number of hydrogen-bond donors (Lipinski definition) is 1. The average Bonchev–Trinajstić information content (AvgIpc) is 2.67. The summed E-state index contributed by atoms with van der Waals surface area (Å²) in [4.78, 5) is 20.7. The SMILES string of the molecule is O=C(COc1ccccc1F)NCc1ccnc(C2CCCOC2)n1. The molecule has 1 aromatic carbocycles. The van der Waals surface area contributed by atoms with Gasteiger partial charge in [-0.1, -0.05) is 12.1 Å². The highest BCUT2D eigenvalue weighted by Crippen LogP contribution is 2.22. The lowest BCUT2D eigenvalue weighted by Gasteiger charge is -2.20. The van der Waals surface area contributed by atoms with E-state index >= 15 is 0 Å². The largest absolute Gasteiger partial charge is 0.481 e. The molecule has 1 amide bonds. The van der Waals surface area contributed by atoms with Crippen molar-refractivity contribution < 1.29 is 18.7 Å². The quantitative estimate of drug-likeness (QED) is 0.869. The Bertz CT molecular complexity index is 720. The van der Waals surface area contributed by atoms with Crippen LogP contribution in [0.4, 0.5) is 4.39 Å². The van der Waals surface area contributed by atoms with Crippen LogP contribution in [0.2, 0.25) is 0 Å². The second kappa shape index (κ2) is 8.53. The molecule has 0 saturated carbocycles. The van der Waals surface area contributed by atoms with Crippen LogP contribution in [0, 0.1) is 5.82 Å². The van der Waals surface area contributed by atoms with Gasteiger partial charge in [0.05, 0.1) is 18.8 Å². The lowest BCUT2D eigenvalue weighted by Crippen LogP contribution is -2.29. The van der Waals surface area contributed by atoms with Gasteiger partial charge in [0, 0.05) is 18.7 Å². The van der Waals surface area contributed by atoms with Gasteiger partial charge in [-0.2, -0.15) is 0 Å². The van der Waals surface area contributed by atoms with E-state index in [1.54, 1.807) is 24.4 Å². The van der Waals surface area contributed by atoms with Crippen molar-refractivity contribution in [2.45, 2.75) is 25.3 Å². The van der Waals surface area contributed by atoms with E-state index in [1.807, 2.05) is 0 Å². The van der Waals surface area contributed by atoms with Crippen molar-refractivity contribution in [1.29, 1.82) is 0 Å². The predicted molar refractivity (Wildman–Crippen MR) is 88.6 cm³/mol. The summed E-state index contributed by atoms with van der Waals surface area (Å²) in [5.41, 5.74) is 0.717. The molecule has 0 aliphatic carbocycles. The molecule has 1 N–H and O–H groups in total. The third-order valence-corrected chi connectivity index (χ3v) is 3.92. The fraction of sp³-hybridized carbons (Fsp3) is 0.389. The summed E-state index contributed by atoms with van der Waals surface area (Å²) in [6, 6.07) is 7.72. The van der Waals surface area contributed by atoms with E-state index in [4.69, 9.17) is 9.47 Å². The van der Waals surface area contributed by atoms with Crippen LogP contribution in [0.25, 0.3) is 0 Å². The molecule has 6 nitrogen and oxygen atoms in total. The van der Waals surface area contributed by atoms with Crippen molar-refractivity contribution in [1.82, 2.24) is 15.3 Å². The first-order valence-electron chi connectivity index (χ1n) is 8.26. The van der Waals surface area contributed by atoms with E-state index in [0.717, 1.165) is 31.0 Å². The first-order chi connectivity index (χ1) is 12.2. The maximum Gasteiger partial charge on any atom is 0.258 e. The number of carbonyl (C=O) groups is 1. The summed E-state index contributed by atoms with van der Waals surface area (Å²) in [5, 5.41) is 2.71. The number of benzene rings is 1. The number of nitrogens with zero attached hydrogens (tertiary/aromatic N) is 2. The maximum absolute atomic E-state index is 13.4. The molecule has 1 unspecified atom stereocenters. The molecule has 25 heavy (non-hydrogen) atoms. The van der Waals surface area contributed by atoms with Crippen LogP contribution in [0.1, 0.15) is 30.3 Å². The van der Waals surface area contributed by atoms with E-state index in [1.165, 1.54) is 12.1 Å². The molecule has 0 spiro atoms. The maximum atomic E-state index is 13.4. The van der Waals surface area contributed by atoms with Gasteiger partial charge >= 0.3 is 0 Å². The van der Waals surface area contributed by atoms with E-state index in [0.29, 0.717) is 6.61 Å². The molecule has 1 aromatic heterocycles. The van der Waals surface area contributed by atoms with Gasteiger partial charge in [-0.25, -0.2) is 14.4 Å². The van der Waals surface area contributed by atoms with Gasteiger partial charge in [-0.15, -0.1) is 0 Å². The minimum atomic E-state index is -0.495. The smallest absolute Gasteiger partial charge is 0.258 e. The van der Waals surface area contributed by atoms with Gasteiger partial charge in [-0.3, -0.25) is 4.79 Å². The number of aromatic nitrogens is 2. The number of rotatable bonds is 6. The Morgan fingerprint density at radius 2 is 2.24 bits per heavy atom. The molecule has 3 rings (SSSR count). The van der Waals surface area contributed by atoms with Crippen molar-refractivity contribution in [2.75, 3.05) is 19.8 Å². The van der Waals surface area contributed by atoms with Crippen LogP contribution in [0.3, 0.4) is 0 Å². The zero-order valence-electron chi connectivity index (χ0n) is 13.8. The minimum Gasteiger partial charge on any atom is -0.481 e. The first-order valence-corrected chi connectivity index (χ1v) is 8.26. The zero-order chi connectivity index (χ0) is 17.5.